The highest BCUT2D eigenvalue weighted by Gasteiger charge is 2.21. The topological polar surface area (TPSA) is 126 Å². The average Bonchev–Trinajstić information content (AvgIpc) is 3.32. The van der Waals surface area contributed by atoms with E-state index in [9.17, 15) is 15.0 Å². The number of esters is 1. The molecule has 0 amide bonds. The third kappa shape index (κ3) is 10.2. The van der Waals surface area contributed by atoms with E-state index in [-0.39, 0.29) is 23.9 Å². The molecule has 0 saturated heterocycles. The summed E-state index contributed by atoms with van der Waals surface area (Å²) in [5.74, 6) is 1.10. The molecule has 1 aromatic rings. The Labute approximate surface area is 203 Å². The van der Waals surface area contributed by atoms with Gasteiger partial charge in [-0.05, 0) is 75.0 Å². The van der Waals surface area contributed by atoms with Gasteiger partial charge in [0.2, 0.25) is 0 Å². The largest absolute Gasteiger partial charge is 0.504 e. The van der Waals surface area contributed by atoms with Gasteiger partial charge >= 0.3 is 5.97 Å². The van der Waals surface area contributed by atoms with Crippen molar-refractivity contribution in [3.8, 4) is 11.5 Å². The molecule has 1 aliphatic carbocycles. The third-order valence-electron chi connectivity index (χ3n) is 6.54. The number of hydrogen-bond donors (Lipinski definition) is 4. The van der Waals surface area contributed by atoms with Crippen LogP contribution in [0.5, 0.6) is 11.5 Å². The number of hydrogen-bond acceptors (Lipinski definition) is 6. The number of aromatic hydroxyl groups is 1. The molecule has 3 atom stereocenters. The number of guanidine groups is 1. The van der Waals surface area contributed by atoms with Crippen molar-refractivity contribution in [2.75, 3.05) is 13.6 Å². The SMILES string of the molecule is CC[C@H](CC[C@H](O)C[C@@H](CCc1ccc(O)c(OC2CCCC2)c1)OC(C)=O)CNC(N)=NC. The quantitative estimate of drug-likeness (QED) is 0.183. The molecule has 1 fully saturated rings. The minimum Gasteiger partial charge on any atom is -0.504 e. The third-order valence-corrected chi connectivity index (χ3v) is 6.54. The number of aliphatic hydroxyl groups is 1. The first-order chi connectivity index (χ1) is 16.3. The number of aliphatic imine (C=N–C) groups is 1. The van der Waals surface area contributed by atoms with E-state index in [0.717, 1.165) is 44.1 Å². The van der Waals surface area contributed by atoms with Crippen LogP contribution in [0, 0.1) is 5.92 Å². The number of phenols is 1. The van der Waals surface area contributed by atoms with E-state index < -0.39 is 6.10 Å². The first-order valence-electron chi connectivity index (χ1n) is 12.6. The maximum Gasteiger partial charge on any atom is 0.302 e. The molecular weight excluding hydrogens is 434 g/mol. The Bertz CT molecular complexity index is 780. The van der Waals surface area contributed by atoms with Gasteiger partial charge < -0.3 is 30.7 Å². The second-order valence-electron chi connectivity index (χ2n) is 9.33. The second-order valence-corrected chi connectivity index (χ2v) is 9.33. The number of phenolic OH excluding ortho intramolecular Hbond substituents is 1. The first-order valence-corrected chi connectivity index (χ1v) is 12.6. The highest BCUT2D eigenvalue weighted by molar-refractivity contribution is 5.77. The van der Waals surface area contributed by atoms with Crippen LogP contribution < -0.4 is 15.8 Å². The molecule has 8 nitrogen and oxygen atoms in total. The van der Waals surface area contributed by atoms with Gasteiger partial charge in [0.05, 0.1) is 12.2 Å². The fraction of sp³-hybridized carbons (Fsp3) is 0.692. The lowest BCUT2D eigenvalue weighted by atomic mass is 9.95. The molecule has 0 radical (unpaired) electrons. The molecule has 2 rings (SSSR count). The van der Waals surface area contributed by atoms with Gasteiger partial charge in [0, 0.05) is 26.9 Å². The standard InChI is InChI=1S/C26H43N3O5/c1-4-19(17-29-26(27)28-3)9-12-21(31)16-23(33-18(2)30)13-10-20-11-14-24(32)25(15-20)34-22-7-5-6-8-22/h11,14-15,19,21-23,31-32H,4-10,12-13,16-17H2,1-3H3,(H3,27,28,29)/t19-,21+,23-/m1/s1. The summed E-state index contributed by atoms with van der Waals surface area (Å²) in [6.07, 6.45) is 7.67. The van der Waals surface area contributed by atoms with Crippen LogP contribution in [-0.2, 0) is 16.0 Å². The molecule has 8 heteroatoms. The van der Waals surface area contributed by atoms with Crippen molar-refractivity contribution in [2.24, 2.45) is 16.6 Å². The van der Waals surface area contributed by atoms with Gasteiger partial charge in [-0.2, -0.15) is 0 Å². The van der Waals surface area contributed by atoms with E-state index in [0.29, 0.717) is 49.9 Å². The molecule has 0 aliphatic heterocycles. The van der Waals surface area contributed by atoms with E-state index in [1.165, 1.54) is 6.92 Å². The Morgan fingerprint density at radius 1 is 1.26 bits per heavy atom. The number of ether oxygens (including phenoxy) is 2. The lowest BCUT2D eigenvalue weighted by Crippen LogP contribution is -2.35. The number of carbonyl (C=O) groups is 1. The van der Waals surface area contributed by atoms with Crippen LogP contribution in [0.4, 0.5) is 0 Å². The van der Waals surface area contributed by atoms with Crippen LogP contribution in [0.25, 0.3) is 0 Å². The summed E-state index contributed by atoms with van der Waals surface area (Å²) in [5, 5.41) is 23.9. The number of rotatable bonds is 14. The summed E-state index contributed by atoms with van der Waals surface area (Å²) in [7, 11) is 1.64. The minimum atomic E-state index is -0.559. The number of carbonyl (C=O) groups excluding carboxylic acids is 1. The smallest absolute Gasteiger partial charge is 0.302 e. The molecule has 5 N–H and O–H groups in total. The molecule has 1 aromatic carbocycles. The predicted molar refractivity (Wildman–Crippen MR) is 134 cm³/mol. The van der Waals surface area contributed by atoms with Gasteiger partial charge in [-0.15, -0.1) is 0 Å². The maximum atomic E-state index is 11.6. The van der Waals surface area contributed by atoms with Crippen molar-refractivity contribution in [1.82, 2.24) is 5.32 Å². The molecule has 0 heterocycles. The second kappa shape index (κ2) is 14.7. The van der Waals surface area contributed by atoms with Crippen molar-refractivity contribution >= 4 is 11.9 Å². The lowest BCUT2D eigenvalue weighted by Gasteiger charge is -2.22. The van der Waals surface area contributed by atoms with Gasteiger partial charge in [-0.3, -0.25) is 9.79 Å². The minimum absolute atomic E-state index is 0.148. The van der Waals surface area contributed by atoms with Crippen LogP contribution in [0.15, 0.2) is 23.2 Å². The summed E-state index contributed by atoms with van der Waals surface area (Å²) in [6.45, 7) is 4.22. The fourth-order valence-corrected chi connectivity index (χ4v) is 4.41. The zero-order valence-corrected chi connectivity index (χ0v) is 21.0. The van der Waals surface area contributed by atoms with Gasteiger partial charge in [-0.1, -0.05) is 19.4 Å². The van der Waals surface area contributed by atoms with Crippen molar-refractivity contribution < 1.29 is 24.5 Å². The summed E-state index contributed by atoms with van der Waals surface area (Å²) in [6, 6.07) is 5.39. The number of benzene rings is 1. The highest BCUT2D eigenvalue weighted by atomic mass is 16.5. The summed E-state index contributed by atoms with van der Waals surface area (Å²) >= 11 is 0. The molecule has 0 bridgehead atoms. The van der Waals surface area contributed by atoms with E-state index in [4.69, 9.17) is 15.2 Å². The zero-order chi connectivity index (χ0) is 24.9. The summed E-state index contributed by atoms with van der Waals surface area (Å²) in [4.78, 5) is 15.5. The van der Waals surface area contributed by atoms with E-state index in [1.807, 2.05) is 12.1 Å². The van der Waals surface area contributed by atoms with Gasteiger partial charge in [0.25, 0.3) is 0 Å². The average molecular weight is 478 g/mol. The van der Waals surface area contributed by atoms with E-state index in [1.54, 1.807) is 13.1 Å². The summed E-state index contributed by atoms with van der Waals surface area (Å²) < 4.78 is 11.5. The van der Waals surface area contributed by atoms with Crippen LogP contribution in [0.3, 0.4) is 0 Å². The van der Waals surface area contributed by atoms with E-state index in [2.05, 4.69) is 17.2 Å². The Morgan fingerprint density at radius 3 is 2.65 bits per heavy atom. The summed E-state index contributed by atoms with van der Waals surface area (Å²) in [5.41, 5.74) is 6.71. The van der Waals surface area contributed by atoms with Gasteiger partial charge in [0.1, 0.15) is 6.10 Å². The number of nitrogens with two attached hydrogens (primary N) is 1. The van der Waals surface area contributed by atoms with Crippen LogP contribution in [-0.4, -0.2) is 54.0 Å². The zero-order valence-electron chi connectivity index (χ0n) is 21.0. The number of aryl methyl sites for hydroxylation is 1. The lowest BCUT2D eigenvalue weighted by molar-refractivity contribution is -0.148. The molecule has 192 valence electrons. The molecule has 0 aromatic heterocycles. The molecule has 0 unspecified atom stereocenters. The van der Waals surface area contributed by atoms with Crippen LogP contribution in [0.1, 0.15) is 77.2 Å². The van der Waals surface area contributed by atoms with Crippen molar-refractivity contribution in [3.63, 3.8) is 0 Å². The molecule has 1 saturated carbocycles. The van der Waals surface area contributed by atoms with Crippen LogP contribution >= 0.6 is 0 Å². The molecular formula is C26H43N3O5. The Balaban J connectivity index is 1.87. The van der Waals surface area contributed by atoms with Crippen molar-refractivity contribution in [3.05, 3.63) is 23.8 Å². The number of nitrogens with one attached hydrogen (secondary N) is 1. The Hall–Kier alpha value is -2.48. The predicted octanol–water partition coefficient (Wildman–Crippen LogP) is 3.67. The maximum absolute atomic E-state index is 11.6. The number of nitrogens with zero attached hydrogens (tertiary/aromatic N) is 1. The van der Waals surface area contributed by atoms with Gasteiger partial charge in [-0.25, -0.2) is 0 Å². The van der Waals surface area contributed by atoms with Crippen LogP contribution in [0.2, 0.25) is 0 Å². The number of aliphatic hydroxyl groups excluding tert-OH is 1. The molecule has 34 heavy (non-hydrogen) atoms. The van der Waals surface area contributed by atoms with Gasteiger partial charge in [0.15, 0.2) is 17.5 Å². The van der Waals surface area contributed by atoms with Crippen molar-refractivity contribution in [1.29, 1.82) is 0 Å². The normalized spacial score (nSPS) is 17.2. The van der Waals surface area contributed by atoms with E-state index >= 15 is 0 Å². The monoisotopic (exact) mass is 477 g/mol. The first kappa shape index (κ1) is 27.8. The fourth-order valence-electron chi connectivity index (χ4n) is 4.41. The Morgan fingerprint density at radius 2 is 2.00 bits per heavy atom. The highest BCUT2D eigenvalue weighted by Crippen LogP contribution is 2.32. The Kier molecular flexibility index (Phi) is 12.0. The van der Waals surface area contributed by atoms with Crippen molar-refractivity contribution in [2.45, 2.75) is 96.4 Å². The molecule has 0 spiro atoms. The molecule has 1 aliphatic rings.